The molecule has 0 bridgehead atoms. The molecule has 106 valence electrons. The van der Waals surface area contributed by atoms with Crippen LogP contribution in [0.1, 0.15) is 43.3 Å². The van der Waals surface area contributed by atoms with Gasteiger partial charge in [-0.1, -0.05) is 31.3 Å². The average molecular weight is 291 g/mol. The fourth-order valence-electron chi connectivity index (χ4n) is 1.56. The van der Waals surface area contributed by atoms with E-state index in [2.05, 4.69) is 25.8 Å². The molecule has 2 aromatic heterocycles. The van der Waals surface area contributed by atoms with Crippen molar-refractivity contribution in [3.8, 4) is 0 Å². The van der Waals surface area contributed by atoms with E-state index < -0.39 is 0 Å². The van der Waals surface area contributed by atoms with E-state index in [9.17, 15) is 4.79 Å². The van der Waals surface area contributed by atoms with Crippen LogP contribution in [0.4, 0.5) is 9.93 Å². The number of anilines is 1. The molecule has 0 aliphatic heterocycles. The second kappa shape index (κ2) is 6.42. The summed E-state index contributed by atoms with van der Waals surface area (Å²) in [5.41, 5.74) is 0.947. The van der Waals surface area contributed by atoms with Crippen LogP contribution >= 0.6 is 11.3 Å². The summed E-state index contributed by atoms with van der Waals surface area (Å²) in [6.07, 6.45) is 3.43. The molecule has 0 aromatic carbocycles. The van der Waals surface area contributed by atoms with Gasteiger partial charge in [-0.15, -0.1) is 10.2 Å². The largest absolute Gasteiger partial charge is 0.331 e. The zero-order valence-electron chi connectivity index (χ0n) is 11.6. The number of carbonyl (C=O) groups is 1. The Morgan fingerprint density at radius 3 is 2.70 bits per heavy atom. The monoisotopic (exact) mass is 291 g/mol. The Labute approximate surface area is 121 Å². The third kappa shape index (κ3) is 3.74. The van der Waals surface area contributed by atoms with Crippen molar-refractivity contribution < 1.29 is 4.79 Å². The van der Waals surface area contributed by atoms with Gasteiger partial charge >= 0.3 is 6.03 Å². The summed E-state index contributed by atoms with van der Waals surface area (Å²) >= 11 is 1.39. The van der Waals surface area contributed by atoms with Crippen LogP contribution in [0.2, 0.25) is 0 Å². The van der Waals surface area contributed by atoms with E-state index in [0.29, 0.717) is 11.0 Å². The molecule has 0 aliphatic carbocycles. The molecule has 2 N–H and O–H groups in total. The number of hydrogen-bond acceptors (Lipinski definition) is 5. The summed E-state index contributed by atoms with van der Waals surface area (Å²) in [4.78, 5) is 15.9. The van der Waals surface area contributed by atoms with E-state index in [1.807, 2.05) is 32.9 Å². The van der Waals surface area contributed by atoms with Gasteiger partial charge in [0.15, 0.2) is 0 Å². The van der Waals surface area contributed by atoms with E-state index in [1.54, 1.807) is 12.4 Å². The van der Waals surface area contributed by atoms with Crippen molar-refractivity contribution in [3.63, 3.8) is 0 Å². The minimum absolute atomic E-state index is 0.124. The summed E-state index contributed by atoms with van der Waals surface area (Å²) in [6, 6.07) is 3.33. The summed E-state index contributed by atoms with van der Waals surface area (Å²) in [6.45, 7) is 5.97. The molecule has 0 spiro atoms. The molecule has 0 aliphatic rings. The number of amides is 2. The second-order valence-electron chi connectivity index (χ2n) is 4.71. The lowest BCUT2D eigenvalue weighted by atomic mass is 10.1. The fraction of sp³-hybridized carbons (Fsp3) is 0.385. The number of nitrogens with one attached hydrogen (secondary N) is 2. The van der Waals surface area contributed by atoms with Gasteiger partial charge in [-0.2, -0.15) is 0 Å². The molecule has 20 heavy (non-hydrogen) atoms. The van der Waals surface area contributed by atoms with Crippen LogP contribution in [-0.4, -0.2) is 21.2 Å². The predicted octanol–water partition coefficient (Wildman–Crippen LogP) is 2.94. The van der Waals surface area contributed by atoms with E-state index in [4.69, 9.17) is 0 Å². The summed E-state index contributed by atoms with van der Waals surface area (Å²) in [7, 11) is 0. The highest BCUT2D eigenvalue weighted by molar-refractivity contribution is 7.15. The molecule has 0 fully saturated rings. The molecule has 0 unspecified atom stereocenters. The Hall–Kier alpha value is -2.02. The molecule has 0 saturated carbocycles. The van der Waals surface area contributed by atoms with Crippen LogP contribution in [0.5, 0.6) is 0 Å². The number of nitrogens with zero attached hydrogens (tertiary/aromatic N) is 3. The maximum atomic E-state index is 11.9. The van der Waals surface area contributed by atoms with Crippen LogP contribution in [0, 0.1) is 0 Å². The van der Waals surface area contributed by atoms with Gasteiger partial charge in [0.25, 0.3) is 0 Å². The van der Waals surface area contributed by atoms with E-state index in [-0.39, 0.29) is 12.1 Å². The number of urea groups is 1. The molecule has 2 rings (SSSR count). The van der Waals surface area contributed by atoms with Crippen LogP contribution in [-0.2, 0) is 0 Å². The zero-order chi connectivity index (χ0) is 14.5. The first kappa shape index (κ1) is 14.4. The highest BCUT2D eigenvalue weighted by Crippen LogP contribution is 2.22. The zero-order valence-corrected chi connectivity index (χ0v) is 12.4. The third-order valence-corrected chi connectivity index (χ3v) is 3.83. The van der Waals surface area contributed by atoms with Crippen LogP contribution < -0.4 is 10.6 Å². The Bertz CT molecular complexity index is 569. The molecule has 0 saturated heterocycles. The molecule has 2 amide bonds. The Kier molecular flexibility index (Phi) is 4.62. The van der Waals surface area contributed by atoms with Crippen molar-refractivity contribution in [1.29, 1.82) is 0 Å². The Balaban J connectivity index is 1.92. The van der Waals surface area contributed by atoms with Crippen molar-refractivity contribution in [2.75, 3.05) is 5.32 Å². The van der Waals surface area contributed by atoms with Gasteiger partial charge in [0.05, 0.1) is 6.04 Å². The number of hydrogen-bond donors (Lipinski definition) is 2. The fourth-order valence-corrected chi connectivity index (χ4v) is 2.30. The highest BCUT2D eigenvalue weighted by Gasteiger charge is 2.13. The smallest absolute Gasteiger partial charge is 0.321 e. The summed E-state index contributed by atoms with van der Waals surface area (Å²) in [5.74, 6) is 0.306. The molecule has 2 heterocycles. The van der Waals surface area contributed by atoms with Crippen molar-refractivity contribution in [2.45, 2.75) is 32.7 Å². The molecular formula is C13H17N5OS. The summed E-state index contributed by atoms with van der Waals surface area (Å²) < 4.78 is 0. The van der Waals surface area contributed by atoms with Crippen molar-refractivity contribution >= 4 is 22.5 Å². The quantitative estimate of drug-likeness (QED) is 0.907. The maximum Gasteiger partial charge on any atom is 0.321 e. The van der Waals surface area contributed by atoms with Crippen molar-refractivity contribution in [2.24, 2.45) is 0 Å². The number of pyridine rings is 1. The third-order valence-electron chi connectivity index (χ3n) is 2.69. The minimum Gasteiger partial charge on any atom is -0.331 e. The van der Waals surface area contributed by atoms with E-state index in [1.165, 1.54) is 11.3 Å². The van der Waals surface area contributed by atoms with Crippen LogP contribution in [0.15, 0.2) is 24.5 Å². The highest BCUT2D eigenvalue weighted by atomic mass is 32.1. The summed E-state index contributed by atoms with van der Waals surface area (Å²) in [5, 5.41) is 14.9. The van der Waals surface area contributed by atoms with Gasteiger partial charge in [-0.05, 0) is 18.6 Å². The SMILES string of the molecule is CC(C)c1nnc(NC(=O)N[C@@H](C)c2cccnc2)s1. The Morgan fingerprint density at radius 2 is 2.10 bits per heavy atom. The standard InChI is InChI=1S/C13H17N5OS/c1-8(2)11-17-18-13(20-11)16-12(19)15-9(3)10-5-4-6-14-7-10/h4-9H,1-3H3,(H2,15,16,18,19)/t9-/m0/s1. The lowest BCUT2D eigenvalue weighted by molar-refractivity contribution is 0.249. The number of carbonyl (C=O) groups excluding carboxylic acids is 1. The molecule has 2 aromatic rings. The van der Waals surface area contributed by atoms with Crippen LogP contribution in [0.3, 0.4) is 0 Å². The Morgan fingerprint density at radius 1 is 1.30 bits per heavy atom. The van der Waals surface area contributed by atoms with Gasteiger partial charge in [-0.25, -0.2) is 4.79 Å². The molecule has 7 heteroatoms. The lowest BCUT2D eigenvalue weighted by Crippen LogP contribution is -2.31. The topological polar surface area (TPSA) is 79.8 Å². The van der Waals surface area contributed by atoms with Gasteiger partial charge in [0.2, 0.25) is 5.13 Å². The van der Waals surface area contributed by atoms with E-state index >= 15 is 0 Å². The van der Waals surface area contributed by atoms with Crippen molar-refractivity contribution in [3.05, 3.63) is 35.1 Å². The van der Waals surface area contributed by atoms with Gasteiger partial charge in [0.1, 0.15) is 5.01 Å². The minimum atomic E-state index is -0.298. The van der Waals surface area contributed by atoms with E-state index in [0.717, 1.165) is 10.6 Å². The van der Waals surface area contributed by atoms with Crippen molar-refractivity contribution in [1.82, 2.24) is 20.5 Å². The van der Waals surface area contributed by atoms with Gasteiger partial charge in [0, 0.05) is 18.3 Å². The van der Waals surface area contributed by atoms with Gasteiger partial charge in [-0.3, -0.25) is 10.3 Å². The van der Waals surface area contributed by atoms with Crippen LogP contribution in [0.25, 0.3) is 0 Å². The normalized spacial score (nSPS) is 12.2. The first-order valence-corrected chi connectivity index (χ1v) is 7.18. The maximum absolute atomic E-state index is 11.9. The first-order chi connectivity index (χ1) is 9.56. The average Bonchev–Trinajstić information content (AvgIpc) is 2.88. The molecule has 0 radical (unpaired) electrons. The first-order valence-electron chi connectivity index (χ1n) is 6.37. The number of rotatable bonds is 4. The second-order valence-corrected chi connectivity index (χ2v) is 5.72. The molecule has 1 atom stereocenters. The molecular weight excluding hydrogens is 274 g/mol. The molecule has 6 nitrogen and oxygen atoms in total. The number of aromatic nitrogens is 3. The van der Waals surface area contributed by atoms with Gasteiger partial charge < -0.3 is 5.32 Å². The predicted molar refractivity (Wildman–Crippen MR) is 78.8 cm³/mol. The lowest BCUT2D eigenvalue weighted by Gasteiger charge is -2.13.